The molecule has 0 spiro atoms. The molecule has 102 valence electrons. The van der Waals surface area contributed by atoms with E-state index >= 15 is 0 Å². The molecule has 0 unspecified atom stereocenters. The van der Waals surface area contributed by atoms with Crippen molar-refractivity contribution >= 4 is 22.4 Å². The highest BCUT2D eigenvalue weighted by atomic mass is 16.5. The van der Waals surface area contributed by atoms with Crippen LogP contribution >= 0.6 is 0 Å². The zero-order chi connectivity index (χ0) is 13.8. The predicted octanol–water partition coefficient (Wildman–Crippen LogP) is 3.35. The van der Waals surface area contributed by atoms with Gasteiger partial charge >= 0.3 is 0 Å². The highest BCUT2D eigenvalue weighted by molar-refractivity contribution is 5.98. The molecule has 3 aliphatic rings. The molecule has 20 heavy (non-hydrogen) atoms. The van der Waals surface area contributed by atoms with Gasteiger partial charge in [0.15, 0.2) is 0 Å². The number of amides is 1. The summed E-state index contributed by atoms with van der Waals surface area (Å²) in [5.41, 5.74) is 0.518. The molecular formula is C17H17NO2. The van der Waals surface area contributed by atoms with Crippen LogP contribution in [0.4, 0.5) is 5.69 Å². The zero-order valence-electron chi connectivity index (χ0n) is 11.5. The van der Waals surface area contributed by atoms with E-state index in [0.717, 1.165) is 23.9 Å². The molecule has 0 radical (unpaired) electrons. The molecule has 2 bridgehead atoms. The molecule has 3 heteroatoms. The SMILES string of the molecule is CC12CC(C(=O)Nc3ccc4ccccc4c3)(CO1)C2. The summed E-state index contributed by atoms with van der Waals surface area (Å²) in [6.07, 6.45) is 1.69. The summed E-state index contributed by atoms with van der Waals surface area (Å²) in [5, 5.41) is 5.38. The number of hydrogen-bond donors (Lipinski definition) is 1. The number of hydrogen-bond acceptors (Lipinski definition) is 2. The zero-order valence-corrected chi connectivity index (χ0v) is 11.5. The summed E-state index contributed by atoms with van der Waals surface area (Å²) in [5.74, 6) is 0.0998. The molecule has 1 aliphatic carbocycles. The van der Waals surface area contributed by atoms with Crippen molar-refractivity contribution in [3.8, 4) is 0 Å². The monoisotopic (exact) mass is 267 g/mol. The average molecular weight is 267 g/mol. The van der Waals surface area contributed by atoms with Crippen LogP contribution in [0.15, 0.2) is 42.5 Å². The van der Waals surface area contributed by atoms with Crippen LogP contribution in [0.3, 0.4) is 0 Å². The topological polar surface area (TPSA) is 38.3 Å². The molecule has 2 saturated heterocycles. The Morgan fingerprint density at radius 1 is 1.15 bits per heavy atom. The molecule has 0 atom stereocenters. The van der Waals surface area contributed by atoms with Crippen molar-refractivity contribution in [2.75, 3.05) is 11.9 Å². The molecule has 3 nitrogen and oxygen atoms in total. The molecule has 1 saturated carbocycles. The van der Waals surface area contributed by atoms with Gasteiger partial charge in [-0.05, 0) is 42.7 Å². The quantitative estimate of drug-likeness (QED) is 0.906. The minimum absolute atomic E-state index is 0.0548. The molecule has 5 rings (SSSR count). The minimum atomic E-state index is -0.291. The van der Waals surface area contributed by atoms with Crippen molar-refractivity contribution in [2.24, 2.45) is 5.41 Å². The van der Waals surface area contributed by atoms with Gasteiger partial charge < -0.3 is 10.1 Å². The van der Waals surface area contributed by atoms with Crippen LogP contribution < -0.4 is 5.32 Å². The van der Waals surface area contributed by atoms with Crippen molar-refractivity contribution in [1.82, 2.24) is 0 Å². The molecule has 2 aromatic carbocycles. The van der Waals surface area contributed by atoms with E-state index in [-0.39, 0.29) is 16.9 Å². The highest BCUT2D eigenvalue weighted by Crippen LogP contribution is 2.57. The third-order valence-electron chi connectivity index (χ3n) is 4.61. The van der Waals surface area contributed by atoms with Crippen LogP contribution in [0.5, 0.6) is 0 Å². The first kappa shape index (κ1) is 11.9. The Bertz CT molecular complexity index is 701. The van der Waals surface area contributed by atoms with E-state index in [4.69, 9.17) is 4.74 Å². The second kappa shape index (κ2) is 3.83. The van der Waals surface area contributed by atoms with Gasteiger partial charge in [-0.1, -0.05) is 30.3 Å². The van der Waals surface area contributed by atoms with Gasteiger partial charge in [-0.3, -0.25) is 4.79 Å². The lowest BCUT2D eigenvalue weighted by atomic mass is 9.63. The Labute approximate surface area is 117 Å². The standard InChI is InChI=1S/C17H17NO2/c1-16-9-17(10-16,11-20-16)15(19)18-14-7-6-12-4-2-3-5-13(12)8-14/h2-8H,9-11H2,1H3,(H,18,19). The Morgan fingerprint density at radius 3 is 2.60 bits per heavy atom. The van der Waals surface area contributed by atoms with Gasteiger partial charge in [-0.25, -0.2) is 0 Å². The summed E-state index contributed by atoms with van der Waals surface area (Å²) < 4.78 is 5.69. The van der Waals surface area contributed by atoms with Gasteiger partial charge in [0.05, 0.1) is 17.6 Å². The van der Waals surface area contributed by atoms with Gasteiger partial charge in [-0.15, -0.1) is 0 Å². The number of ether oxygens (including phenoxy) is 1. The molecular weight excluding hydrogens is 250 g/mol. The van der Waals surface area contributed by atoms with Crippen molar-refractivity contribution in [1.29, 1.82) is 0 Å². The summed E-state index contributed by atoms with van der Waals surface area (Å²) in [6.45, 7) is 2.64. The third-order valence-corrected chi connectivity index (χ3v) is 4.61. The van der Waals surface area contributed by atoms with Gasteiger partial charge in [0.2, 0.25) is 5.91 Å². The lowest BCUT2D eigenvalue weighted by Gasteiger charge is -2.40. The number of fused-ring (bicyclic) bond motifs is 2. The van der Waals surface area contributed by atoms with Gasteiger partial charge in [0.25, 0.3) is 0 Å². The van der Waals surface area contributed by atoms with Crippen LogP contribution in [-0.4, -0.2) is 18.1 Å². The van der Waals surface area contributed by atoms with Crippen molar-refractivity contribution in [2.45, 2.75) is 25.4 Å². The molecule has 2 heterocycles. The third kappa shape index (κ3) is 1.66. The summed E-state index contributed by atoms with van der Waals surface area (Å²) in [7, 11) is 0. The number of carbonyl (C=O) groups is 1. The lowest BCUT2D eigenvalue weighted by molar-refractivity contribution is -0.129. The molecule has 3 fully saturated rings. The first-order valence-electron chi connectivity index (χ1n) is 7.03. The smallest absolute Gasteiger partial charge is 0.233 e. The maximum absolute atomic E-state index is 12.5. The molecule has 2 aliphatic heterocycles. The Balaban J connectivity index is 1.57. The van der Waals surface area contributed by atoms with Crippen LogP contribution in [0.1, 0.15) is 19.8 Å². The van der Waals surface area contributed by atoms with E-state index in [2.05, 4.69) is 24.4 Å². The second-order valence-electron chi connectivity index (χ2n) is 6.39. The molecule has 1 N–H and O–H groups in total. The van der Waals surface area contributed by atoms with E-state index in [9.17, 15) is 4.79 Å². The summed E-state index contributed by atoms with van der Waals surface area (Å²) >= 11 is 0. The van der Waals surface area contributed by atoms with E-state index in [1.807, 2.05) is 30.3 Å². The normalized spacial score (nSPS) is 31.1. The second-order valence-corrected chi connectivity index (χ2v) is 6.39. The Morgan fingerprint density at radius 2 is 1.90 bits per heavy atom. The van der Waals surface area contributed by atoms with Gasteiger partial charge in [0, 0.05) is 5.69 Å². The first-order chi connectivity index (χ1) is 9.59. The van der Waals surface area contributed by atoms with E-state index in [0.29, 0.717) is 6.61 Å². The fourth-order valence-electron chi connectivity index (χ4n) is 3.65. The average Bonchev–Trinajstić information content (AvgIpc) is 2.93. The van der Waals surface area contributed by atoms with Crippen LogP contribution in [-0.2, 0) is 9.53 Å². The largest absolute Gasteiger partial charge is 0.374 e. The number of carbonyl (C=O) groups excluding carboxylic acids is 1. The van der Waals surface area contributed by atoms with Gasteiger partial charge in [-0.2, -0.15) is 0 Å². The van der Waals surface area contributed by atoms with Crippen molar-refractivity contribution < 1.29 is 9.53 Å². The molecule has 0 aromatic heterocycles. The van der Waals surface area contributed by atoms with Crippen molar-refractivity contribution in [3.63, 3.8) is 0 Å². The molecule has 1 amide bonds. The maximum Gasteiger partial charge on any atom is 0.233 e. The van der Waals surface area contributed by atoms with Crippen LogP contribution in [0.25, 0.3) is 10.8 Å². The first-order valence-corrected chi connectivity index (χ1v) is 7.03. The summed E-state index contributed by atoms with van der Waals surface area (Å²) in [6, 6.07) is 14.2. The minimum Gasteiger partial charge on any atom is -0.374 e. The summed E-state index contributed by atoms with van der Waals surface area (Å²) in [4.78, 5) is 12.5. The maximum atomic E-state index is 12.5. The van der Waals surface area contributed by atoms with E-state index in [1.165, 1.54) is 5.39 Å². The highest BCUT2D eigenvalue weighted by Gasteiger charge is 2.63. The van der Waals surface area contributed by atoms with E-state index < -0.39 is 0 Å². The molecule has 2 aromatic rings. The fraction of sp³-hybridized carbons (Fsp3) is 0.353. The van der Waals surface area contributed by atoms with E-state index in [1.54, 1.807) is 0 Å². The number of rotatable bonds is 2. The van der Waals surface area contributed by atoms with Crippen molar-refractivity contribution in [3.05, 3.63) is 42.5 Å². The Hall–Kier alpha value is -1.87. The van der Waals surface area contributed by atoms with Crippen LogP contribution in [0, 0.1) is 5.41 Å². The number of nitrogens with one attached hydrogen (secondary N) is 1. The van der Waals surface area contributed by atoms with Gasteiger partial charge in [0.1, 0.15) is 0 Å². The fourth-order valence-corrected chi connectivity index (χ4v) is 3.65. The number of anilines is 1. The van der Waals surface area contributed by atoms with Crippen LogP contribution in [0.2, 0.25) is 0 Å². The Kier molecular flexibility index (Phi) is 2.28. The number of benzene rings is 2. The lowest BCUT2D eigenvalue weighted by Crippen LogP contribution is -2.49. The predicted molar refractivity (Wildman–Crippen MR) is 78.6 cm³/mol.